The monoisotopic (exact) mass is 394 g/mol. The van der Waals surface area contributed by atoms with Gasteiger partial charge in [0.2, 0.25) is 0 Å². The summed E-state index contributed by atoms with van der Waals surface area (Å²) >= 11 is 0. The number of aliphatic carboxylic acids is 4. The maximum Gasteiger partial charge on any atom is 0.325 e. The molecule has 0 bridgehead atoms. The van der Waals surface area contributed by atoms with Crippen molar-refractivity contribution >= 4 is 23.9 Å². The summed E-state index contributed by atoms with van der Waals surface area (Å²) in [6.07, 6.45) is 6.83. The summed E-state index contributed by atoms with van der Waals surface area (Å²) in [5, 5.41) is 36.4. The van der Waals surface area contributed by atoms with E-state index < -0.39 is 34.7 Å². The Morgan fingerprint density at radius 2 is 1.04 bits per heavy atom. The van der Waals surface area contributed by atoms with Crippen LogP contribution in [-0.2, 0) is 28.7 Å². The lowest BCUT2D eigenvalue weighted by molar-refractivity contribution is -0.162. The van der Waals surface area contributed by atoms with Gasteiger partial charge in [-0.25, -0.2) is 0 Å². The van der Waals surface area contributed by atoms with Crippen molar-refractivity contribution in [2.45, 2.75) is 12.8 Å². The number of carbonyl (C=O) groups is 4. The maximum absolute atomic E-state index is 11.2. The van der Waals surface area contributed by atoms with E-state index in [0.717, 1.165) is 12.2 Å². The molecule has 0 saturated carbocycles. The molecule has 0 aromatic heterocycles. The predicted molar refractivity (Wildman–Crippen MR) is 91.0 cm³/mol. The molecule has 2 aliphatic carbocycles. The number of hydrogen-bond acceptors (Lipinski definition) is 6. The maximum atomic E-state index is 11.2. The minimum absolute atomic E-state index is 0.0531. The smallest absolute Gasteiger partial charge is 0.325 e. The number of carboxylic acid groups (broad SMARTS) is 4. The molecule has 2 aliphatic rings. The van der Waals surface area contributed by atoms with Crippen LogP contribution < -0.4 is 0 Å². The predicted octanol–water partition coefficient (Wildman–Crippen LogP) is 1.02. The highest BCUT2D eigenvalue weighted by atomic mass is 16.5. The van der Waals surface area contributed by atoms with E-state index in [2.05, 4.69) is 0 Å². The number of allylic oxidation sites excluding steroid dienone is 4. The van der Waals surface area contributed by atoms with Crippen LogP contribution in [0.1, 0.15) is 12.8 Å². The molecule has 0 aliphatic heterocycles. The second kappa shape index (κ2) is 7.99. The topological polar surface area (TPSA) is 168 Å². The van der Waals surface area contributed by atoms with Crippen molar-refractivity contribution < 1.29 is 49.1 Å². The Labute approximate surface area is 158 Å². The molecular weight excluding hydrogens is 376 g/mol. The van der Waals surface area contributed by atoms with Gasteiger partial charge in [-0.05, 0) is 37.1 Å². The van der Waals surface area contributed by atoms with Gasteiger partial charge >= 0.3 is 23.9 Å². The van der Waals surface area contributed by atoms with Crippen LogP contribution in [0.3, 0.4) is 0 Å². The molecule has 2 rings (SSSR count). The third kappa shape index (κ3) is 3.90. The molecular formula is C18H18O10. The molecule has 0 heterocycles. The summed E-state index contributed by atoms with van der Waals surface area (Å²) in [5.41, 5.74) is -4.02. The number of ether oxygens (including phenoxy) is 2. The fourth-order valence-corrected chi connectivity index (χ4v) is 2.59. The first-order valence-electron chi connectivity index (χ1n) is 8.12. The van der Waals surface area contributed by atoms with Gasteiger partial charge in [0.05, 0.1) is 0 Å². The Balaban J connectivity index is 1.82. The third-order valence-electron chi connectivity index (χ3n) is 4.46. The average Bonchev–Trinajstić information content (AvgIpc) is 2.65. The number of rotatable bonds is 9. The van der Waals surface area contributed by atoms with Crippen molar-refractivity contribution in [1.29, 1.82) is 0 Å². The molecule has 0 unspecified atom stereocenters. The Hall–Kier alpha value is -3.56. The molecule has 10 nitrogen and oxygen atoms in total. The fraction of sp³-hybridized carbons (Fsp3) is 0.333. The lowest BCUT2D eigenvalue weighted by Crippen LogP contribution is -2.38. The molecule has 28 heavy (non-hydrogen) atoms. The minimum Gasteiger partial charge on any atom is -0.490 e. The number of carboxylic acids is 4. The molecule has 0 spiro atoms. The summed E-state index contributed by atoms with van der Waals surface area (Å²) in [6.45, 7) is 0.106. The van der Waals surface area contributed by atoms with E-state index in [1.54, 1.807) is 0 Å². The molecule has 0 amide bonds. The van der Waals surface area contributed by atoms with Gasteiger partial charge in [0.1, 0.15) is 24.7 Å². The highest BCUT2D eigenvalue weighted by Gasteiger charge is 2.45. The molecule has 0 saturated heterocycles. The number of hydrogen-bond donors (Lipinski definition) is 4. The normalized spacial score (nSPS) is 19.1. The van der Waals surface area contributed by atoms with Crippen LogP contribution in [-0.4, -0.2) is 57.5 Å². The van der Waals surface area contributed by atoms with Gasteiger partial charge in [0.15, 0.2) is 10.8 Å². The fourth-order valence-electron chi connectivity index (χ4n) is 2.59. The van der Waals surface area contributed by atoms with Crippen LogP contribution in [0.25, 0.3) is 0 Å². The first-order chi connectivity index (χ1) is 13.1. The van der Waals surface area contributed by atoms with Crippen molar-refractivity contribution in [2.75, 3.05) is 13.2 Å². The zero-order valence-electron chi connectivity index (χ0n) is 14.5. The first-order valence-corrected chi connectivity index (χ1v) is 8.12. The van der Waals surface area contributed by atoms with E-state index in [4.69, 9.17) is 29.9 Å². The summed E-state index contributed by atoms with van der Waals surface area (Å²) in [6, 6.07) is 0. The van der Waals surface area contributed by atoms with Crippen molar-refractivity contribution in [3.05, 3.63) is 48.0 Å². The Morgan fingerprint density at radius 3 is 1.25 bits per heavy atom. The van der Waals surface area contributed by atoms with E-state index in [9.17, 15) is 19.2 Å². The standard InChI is InChI=1S/C18H18O10/c19-13(20)17(14(21)22)5-1-11(2-6-17)27-9-10-28-12-3-7-18(8-4-12,15(23)24)16(25)26/h1-5,7H,6,8-10H2,(H,19,20)(H,21,22)(H,23,24)(H,25,26). The zero-order valence-corrected chi connectivity index (χ0v) is 14.5. The van der Waals surface area contributed by atoms with Gasteiger partial charge in [-0.15, -0.1) is 0 Å². The molecule has 4 N–H and O–H groups in total. The molecule has 150 valence electrons. The Kier molecular flexibility index (Phi) is 5.92. The van der Waals surface area contributed by atoms with Crippen molar-refractivity contribution in [1.82, 2.24) is 0 Å². The summed E-state index contributed by atoms with van der Waals surface area (Å²) in [4.78, 5) is 44.7. The van der Waals surface area contributed by atoms with Crippen LogP contribution in [0.5, 0.6) is 0 Å². The van der Waals surface area contributed by atoms with Gasteiger partial charge in [0.25, 0.3) is 0 Å². The molecule has 0 radical (unpaired) electrons. The van der Waals surface area contributed by atoms with Crippen LogP contribution >= 0.6 is 0 Å². The van der Waals surface area contributed by atoms with Crippen LogP contribution in [0.4, 0.5) is 0 Å². The molecule has 0 aromatic rings. The van der Waals surface area contributed by atoms with Gasteiger partial charge in [0, 0.05) is 0 Å². The largest absolute Gasteiger partial charge is 0.490 e. The highest BCUT2D eigenvalue weighted by Crippen LogP contribution is 2.32. The van der Waals surface area contributed by atoms with E-state index >= 15 is 0 Å². The SMILES string of the molecule is O=C(O)C1(C(=O)O)C=CC(OCCOC2=CCC(C(=O)O)(C(=O)O)C=C2)=CC1. The molecule has 10 heteroatoms. The van der Waals surface area contributed by atoms with E-state index in [-0.39, 0.29) is 26.1 Å². The minimum atomic E-state index is -2.01. The third-order valence-corrected chi connectivity index (χ3v) is 4.46. The molecule has 0 fully saturated rings. The van der Waals surface area contributed by atoms with Crippen molar-refractivity contribution in [3.63, 3.8) is 0 Å². The van der Waals surface area contributed by atoms with Gasteiger partial charge in [-0.3, -0.25) is 19.2 Å². The van der Waals surface area contributed by atoms with Crippen LogP contribution in [0.2, 0.25) is 0 Å². The van der Waals surface area contributed by atoms with Crippen molar-refractivity contribution in [2.24, 2.45) is 10.8 Å². The second-order valence-electron chi connectivity index (χ2n) is 6.15. The van der Waals surface area contributed by atoms with E-state index in [1.165, 1.54) is 24.3 Å². The van der Waals surface area contributed by atoms with Gasteiger partial charge in [-0.1, -0.05) is 12.2 Å². The Bertz CT molecular complexity index is 718. The van der Waals surface area contributed by atoms with Crippen molar-refractivity contribution in [3.8, 4) is 0 Å². The van der Waals surface area contributed by atoms with E-state index in [0.29, 0.717) is 11.5 Å². The van der Waals surface area contributed by atoms with Gasteiger partial charge < -0.3 is 29.9 Å². The lowest BCUT2D eigenvalue weighted by atomic mass is 9.81. The first kappa shape index (κ1) is 20.7. The summed E-state index contributed by atoms with van der Waals surface area (Å²) in [5.74, 6) is -5.28. The second-order valence-corrected chi connectivity index (χ2v) is 6.15. The van der Waals surface area contributed by atoms with E-state index in [1.807, 2.05) is 0 Å². The quantitative estimate of drug-likeness (QED) is 0.327. The zero-order chi connectivity index (χ0) is 20.9. The molecule has 0 aromatic carbocycles. The van der Waals surface area contributed by atoms with Gasteiger partial charge in [-0.2, -0.15) is 0 Å². The van der Waals surface area contributed by atoms with Crippen LogP contribution in [0, 0.1) is 10.8 Å². The summed E-state index contributed by atoms with van der Waals surface area (Å²) < 4.78 is 10.7. The Morgan fingerprint density at radius 1 is 0.714 bits per heavy atom. The molecule has 0 atom stereocenters. The highest BCUT2D eigenvalue weighted by molar-refractivity contribution is 6.01. The van der Waals surface area contributed by atoms with Crippen LogP contribution in [0.15, 0.2) is 48.0 Å². The average molecular weight is 394 g/mol. The lowest BCUT2D eigenvalue weighted by Gasteiger charge is -2.24. The summed E-state index contributed by atoms with van der Waals surface area (Å²) in [7, 11) is 0.